The lowest BCUT2D eigenvalue weighted by atomic mass is 10.2. The van der Waals surface area contributed by atoms with Crippen LogP contribution in [0.3, 0.4) is 0 Å². The number of fused-ring (bicyclic) bond motifs is 1. The molecule has 1 heterocycles. The molecule has 0 unspecified atom stereocenters. The molecule has 120 valence electrons. The lowest BCUT2D eigenvalue weighted by Crippen LogP contribution is -2.26. The first-order valence-electron chi connectivity index (χ1n) is 6.66. The van der Waals surface area contributed by atoms with E-state index in [-0.39, 0.29) is 18.5 Å². The minimum Gasteiger partial charge on any atom is -0.495 e. The summed E-state index contributed by atoms with van der Waals surface area (Å²) in [5, 5.41) is 0.475. The number of halogens is 1. The zero-order valence-electron chi connectivity index (χ0n) is 12.4. The van der Waals surface area contributed by atoms with Gasteiger partial charge in [0.25, 0.3) is 0 Å². The SMILES string of the molecule is CCOP(=O)(OCC)c1cc2cc(Br)c(OC)cc2oc1=O. The van der Waals surface area contributed by atoms with Crippen molar-refractivity contribution in [1.82, 2.24) is 0 Å². The zero-order valence-corrected chi connectivity index (χ0v) is 14.9. The second kappa shape index (κ2) is 6.96. The van der Waals surface area contributed by atoms with Crippen LogP contribution >= 0.6 is 23.5 Å². The van der Waals surface area contributed by atoms with Crippen molar-refractivity contribution in [3.63, 3.8) is 0 Å². The summed E-state index contributed by atoms with van der Waals surface area (Å²) in [5.74, 6) is 0.529. The van der Waals surface area contributed by atoms with Gasteiger partial charge < -0.3 is 18.2 Å². The molecule has 8 heteroatoms. The summed E-state index contributed by atoms with van der Waals surface area (Å²) in [4.78, 5) is 12.2. The van der Waals surface area contributed by atoms with Crippen LogP contribution in [-0.2, 0) is 13.6 Å². The molecule has 1 aromatic heterocycles. The lowest BCUT2D eigenvalue weighted by Gasteiger charge is -2.16. The van der Waals surface area contributed by atoms with Crippen molar-refractivity contribution in [1.29, 1.82) is 0 Å². The molecule has 0 aliphatic carbocycles. The number of hydrogen-bond acceptors (Lipinski definition) is 6. The lowest BCUT2D eigenvalue weighted by molar-refractivity contribution is 0.229. The van der Waals surface area contributed by atoms with Crippen molar-refractivity contribution in [3.05, 3.63) is 33.1 Å². The molecule has 0 aliphatic heterocycles. The van der Waals surface area contributed by atoms with E-state index in [4.69, 9.17) is 18.2 Å². The van der Waals surface area contributed by atoms with Crippen LogP contribution in [0.15, 0.2) is 31.9 Å². The third-order valence-corrected chi connectivity index (χ3v) is 5.60. The van der Waals surface area contributed by atoms with Crippen LogP contribution in [0.5, 0.6) is 5.75 Å². The van der Waals surface area contributed by atoms with Crippen molar-refractivity contribution in [2.45, 2.75) is 13.8 Å². The van der Waals surface area contributed by atoms with E-state index in [0.717, 1.165) is 0 Å². The quantitative estimate of drug-likeness (QED) is 0.555. The minimum absolute atomic E-state index is 0.110. The first kappa shape index (κ1) is 17.2. The fourth-order valence-corrected chi connectivity index (χ4v) is 4.10. The molecule has 0 saturated carbocycles. The molecule has 6 nitrogen and oxygen atoms in total. The van der Waals surface area contributed by atoms with E-state index in [1.54, 1.807) is 26.0 Å². The first-order valence-corrected chi connectivity index (χ1v) is 8.99. The van der Waals surface area contributed by atoms with E-state index in [1.807, 2.05) is 0 Å². The number of benzene rings is 1. The standard InChI is InChI=1S/C14H16BrO6P/c1-4-19-22(17,20-5-2)13-7-9-6-10(15)12(18-3)8-11(9)21-14(13)16/h6-8H,4-5H2,1-3H3. The smallest absolute Gasteiger partial charge is 0.368 e. The Morgan fingerprint density at radius 3 is 2.36 bits per heavy atom. The first-order chi connectivity index (χ1) is 10.4. The summed E-state index contributed by atoms with van der Waals surface area (Å²) in [7, 11) is -2.19. The molecule has 0 fully saturated rings. The monoisotopic (exact) mass is 390 g/mol. The molecule has 0 aliphatic rings. The van der Waals surface area contributed by atoms with Crippen molar-refractivity contribution in [2.24, 2.45) is 0 Å². The highest BCUT2D eigenvalue weighted by molar-refractivity contribution is 9.10. The molecule has 2 aromatic rings. The molecule has 0 saturated heterocycles. The summed E-state index contributed by atoms with van der Waals surface area (Å²) in [6.07, 6.45) is 0. The molecule has 22 heavy (non-hydrogen) atoms. The van der Waals surface area contributed by atoms with Crippen molar-refractivity contribution >= 4 is 39.8 Å². The fourth-order valence-electron chi connectivity index (χ4n) is 1.97. The minimum atomic E-state index is -3.70. The van der Waals surface area contributed by atoms with Crippen LogP contribution in [0.1, 0.15) is 13.8 Å². The highest BCUT2D eigenvalue weighted by Gasteiger charge is 2.31. The van der Waals surface area contributed by atoms with Gasteiger partial charge in [0.15, 0.2) is 5.30 Å². The van der Waals surface area contributed by atoms with Crippen LogP contribution in [0.4, 0.5) is 0 Å². The van der Waals surface area contributed by atoms with Gasteiger partial charge in [-0.15, -0.1) is 0 Å². The fraction of sp³-hybridized carbons (Fsp3) is 0.357. The third-order valence-electron chi connectivity index (χ3n) is 2.88. The summed E-state index contributed by atoms with van der Waals surface area (Å²) in [5.41, 5.74) is -0.421. The van der Waals surface area contributed by atoms with Crippen LogP contribution in [0, 0.1) is 0 Å². The molecule has 2 rings (SSSR count). The molecule has 0 atom stereocenters. The number of rotatable bonds is 6. The Morgan fingerprint density at radius 1 is 1.18 bits per heavy atom. The second-order valence-electron chi connectivity index (χ2n) is 4.28. The Bertz CT molecular complexity index is 775. The second-order valence-corrected chi connectivity index (χ2v) is 7.12. The van der Waals surface area contributed by atoms with Gasteiger partial charge in [0.1, 0.15) is 11.3 Å². The Morgan fingerprint density at radius 2 is 1.82 bits per heavy atom. The highest BCUT2D eigenvalue weighted by Crippen LogP contribution is 2.46. The molecule has 0 spiro atoms. The van der Waals surface area contributed by atoms with E-state index >= 15 is 0 Å². The average Bonchev–Trinajstić information content (AvgIpc) is 2.47. The Hall–Kier alpha value is -1.14. The summed E-state index contributed by atoms with van der Waals surface area (Å²) >= 11 is 3.36. The number of methoxy groups -OCH3 is 1. The molecule has 0 N–H and O–H groups in total. The van der Waals surface area contributed by atoms with Crippen molar-refractivity contribution < 1.29 is 22.8 Å². The van der Waals surface area contributed by atoms with Gasteiger partial charge in [-0.05, 0) is 41.9 Å². The van der Waals surface area contributed by atoms with Gasteiger partial charge in [0.05, 0.1) is 24.8 Å². The van der Waals surface area contributed by atoms with Gasteiger partial charge >= 0.3 is 13.2 Å². The van der Waals surface area contributed by atoms with E-state index in [0.29, 0.717) is 21.2 Å². The average molecular weight is 391 g/mol. The van der Waals surface area contributed by atoms with E-state index in [9.17, 15) is 9.36 Å². The van der Waals surface area contributed by atoms with Gasteiger partial charge in [0, 0.05) is 11.5 Å². The predicted octanol–water partition coefficient (Wildman–Crippen LogP) is 3.46. The van der Waals surface area contributed by atoms with E-state index in [1.165, 1.54) is 13.2 Å². The maximum Gasteiger partial charge on any atom is 0.368 e. The molecule has 0 bridgehead atoms. The van der Waals surface area contributed by atoms with Crippen LogP contribution in [0.2, 0.25) is 0 Å². The Kier molecular flexibility index (Phi) is 5.45. The Labute approximate surface area is 136 Å². The van der Waals surface area contributed by atoms with Crippen LogP contribution in [0.25, 0.3) is 11.0 Å². The summed E-state index contributed by atoms with van der Waals surface area (Å²) < 4.78 is 34.2. The molecule has 0 amide bonds. The molecular formula is C14H16BrO6P. The van der Waals surface area contributed by atoms with Gasteiger partial charge in [-0.1, -0.05) is 0 Å². The van der Waals surface area contributed by atoms with Gasteiger partial charge in [-0.3, -0.25) is 4.57 Å². The van der Waals surface area contributed by atoms with Crippen LogP contribution < -0.4 is 15.7 Å². The maximum absolute atomic E-state index is 12.7. The highest BCUT2D eigenvalue weighted by atomic mass is 79.9. The topological polar surface area (TPSA) is 75.0 Å². The number of hydrogen-bond donors (Lipinski definition) is 0. The number of ether oxygens (including phenoxy) is 1. The van der Waals surface area contributed by atoms with Crippen molar-refractivity contribution in [3.8, 4) is 5.75 Å². The molecular weight excluding hydrogens is 375 g/mol. The van der Waals surface area contributed by atoms with Gasteiger partial charge in [-0.25, -0.2) is 4.79 Å². The maximum atomic E-state index is 12.7. The van der Waals surface area contributed by atoms with Gasteiger partial charge in [0.2, 0.25) is 0 Å². The molecule has 0 radical (unpaired) electrons. The largest absolute Gasteiger partial charge is 0.495 e. The van der Waals surface area contributed by atoms with E-state index in [2.05, 4.69) is 15.9 Å². The van der Waals surface area contributed by atoms with E-state index < -0.39 is 13.2 Å². The van der Waals surface area contributed by atoms with Crippen LogP contribution in [-0.4, -0.2) is 20.3 Å². The Balaban J connectivity index is 2.67. The van der Waals surface area contributed by atoms with Gasteiger partial charge in [-0.2, -0.15) is 0 Å². The zero-order chi connectivity index (χ0) is 16.3. The van der Waals surface area contributed by atoms with Crippen molar-refractivity contribution in [2.75, 3.05) is 20.3 Å². The molecule has 1 aromatic carbocycles. The predicted molar refractivity (Wildman–Crippen MR) is 87.2 cm³/mol. The third kappa shape index (κ3) is 3.27. The summed E-state index contributed by atoms with van der Waals surface area (Å²) in [6.45, 7) is 3.66. The summed E-state index contributed by atoms with van der Waals surface area (Å²) in [6, 6.07) is 4.76. The normalized spacial score (nSPS) is 11.8.